The Labute approximate surface area is 137 Å². The van der Waals surface area contributed by atoms with Crippen LogP contribution in [0.15, 0.2) is 47.3 Å². The average molecular weight is 357 g/mol. The van der Waals surface area contributed by atoms with E-state index in [2.05, 4.69) is 55.3 Å². The molecule has 0 amide bonds. The number of fused-ring (bicyclic) bond motifs is 1. The second kappa shape index (κ2) is 5.39. The fourth-order valence-corrected chi connectivity index (χ4v) is 3.73. The fourth-order valence-electron chi connectivity index (χ4n) is 3.37. The van der Waals surface area contributed by atoms with Crippen molar-refractivity contribution in [3.63, 3.8) is 0 Å². The van der Waals surface area contributed by atoms with Gasteiger partial charge in [0.05, 0.1) is 17.8 Å². The first-order chi connectivity index (χ1) is 10.7. The zero-order valence-corrected chi connectivity index (χ0v) is 14.0. The van der Waals surface area contributed by atoms with Crippen LogP contribution in [0.3, 0.4) is 0 Å². The number of halogens is 1. The molecule has 1 aromatic carbocycles. The molecular formula is C17H17BrN4. The van der Waals surface area contributed by atoms with Gasteiger partial charge in [0.25, 0.3) is 0 Å². The smallest absolute Gasteiger partial charge is 0.0723 e. The Kier molecular flexibility index (Phi) is 3.37. The molecule has 0 bridgehead atoms. The van der Waals surface area contributed by atoms with Gasteiger partial charge in [-0.25, -0.2) is 0 Å². The summed E-state index contributed by atoms with van der Waals surface area (Å²) in [7, 11) is 1.97. The Morgan fingerprint density at radius 3 is 3.00 bits per heavy atom. The predicted octanol–water partition coefficient (Wildman–Crippen LogP) is 4.07. The molecule has 112 valence electrons. The Bertz CT molecular complexity index is 826. The first-order valence-corrected chi connectivity index (χ1v) is 8.31. The van der Waals surface area contributed by atoms with Crippen LogP contribution in [0.25, 0.3) is 10.9 Å². The highest BCUT2D eigenvalue weighted by Gasteiger charge is 2.28. The van der Waals surface area contributed by atoms with Gasteiger partial charge in [0.2, 0.25) is 0 Å². The quantitative estimate of drug-likeness (QED) is 0.693. The lowest BCUT2D eigenvalue weighted by Gasteiger charge is -2.27. The summed E-state index contributed by atoms with van der Waals surface area (Å²) in [5.74, 6) is 0. The Morgan fingerprint density at radius 2 is 2.18 bits per heavy atom. The summed E-state index contributed by atoms with van der Waals surface area (Å²) >= 11 is 3.58. The van der Waals surface area contributed by atoms with Crippen LogP contribution in [0, 0.1) is 0 Å². The van der Waals surface area contributed by atoms with Crippen LogP contribution in [0.4, 0.5) is 5.69 Å². The summed E-state index contributed by atoms with van der Waals surface area (Å²) in [5.41, 5.74) is 3.59. The number of pyridine rings is 1. The largest absolute Gasteiger partial charge is 0.364 e. The van der Waals surface area contributed by atoms with E-state index in [4.69, 9.17) is 0 Å². The van der Waals surface area contributed by atoms with E-state index in [1.54, 1.807) is 0 Å². The van der Waals surface area contributed by atoms with Gasteiger partial charge in [0, 0.05) is 47.1 Å². The van der Waals surface area contributed by atoms with Crippen molar-refractivity contribution in [2.24, 2.45) is 7.05 Å². The topological polar surface area (TPSA) is 34.0 Å². The third kappa shape index (κ3) is 2.29. The Morgan fingerprint density at radius 1 is 1.27 bits per heavy atom. The van der Waals surface area contributed by atoms with E-state index in [1.165, 1.54) is 29.5 Å². The van der Waals surface area contributed by atoms with Crippen LogP contribution >= 0.6 is 15.9 Å². The zero-order valence-electron chi connectivity index (χ0n) is 12.4. The molecule has 22 heavy (non-hydrogen) atoms. The van der Waals surface area contributed by atoms with Crippen LogP contribution in [-0.4, -0.2) is 21.3 Å². The van der Waals surface area contributed by atoms with Gasteiger partial charge < -0.3 is 4.90 Å². The van der Waals surface area contributed by atoms with E-state index in [0.29, 0.717) is 6.04 Å². The van der Waals surface area contributed by atoms with E-state index < -0.39 is 0 Å². The molecule has 2 aromatic heterocycles. The van der Waals surface area contributed by atoms with Gasteiger partial charge in [-0.15, -0.1) is 0 Å². The second-order valence-corrected chi connectivity index (χ2v) is 6.71. The Hall–Kier alpha value is -1.88. The molecule has 4 rings (SSSR count). The van der Waals surface area contributed by atoms with Crippen LogP contribution in [0.5, 0.6) is 0 Å². The van der Waals surface area contributed by atoms with E-state index in [0.717, 1.165) is 16.5 Å². The predicted molar refractivity (Wildman–Crippen MR) is 92.0 cm³/mol. The van der Waals surface area contributed by atoms with Crippen molar-refractivity contribution in [1.29, 1.82) is 0 Å². The molecule has 1 atom stereocenters. The molecule has 0 spiro atoms. The monoisotopic (exact) mass is 356 g/mol. The molecular weight excluding hydrogens is 340 g/mol. The number of nitrogens with zero attached hydrogens (tertiary/aromatic N) is 4. The summed E-state index contributed by atoms with van der Waals surface area (Å²) in [6.07, 6.45) is 8.40. The van der Waals surface area contributed by atoms with Crippen molar-refractivity contribution in [1.82, 2.24) is 14.8 Å². The summed E-state index contributed by atoms with van der Waals surface area (Å²) < 4.78 is 2.97. The molecule has 0 saturated carbocycles. The van der Waals surface area contributed by atoms with Gasteiger partial charge in [0.15, 0.2) is 0 Å². The number of aryl methyl sites for hydroxylation is 1. The average Bonchev–Trinajstić information content (AvgIpc) is 3.15. The van der Waals surface area contributed by atoms with E-state index >= 15 is 0 Å². The van der Waals surface area contributed by atoms with Gasteiger partial charge in [-0.05, 0) is 37.1 Å². The molecule has 1 fully saturated rings. The maximum atomic E-state index is 4.49. The van der Waals surface area contributed by atoms with Crippen LogP contribution < -0.4 is 4.90 Å². The number of benzene rings is 1. The maximum Gasteiger partial charge on any atom is 0.0723 e. The van der Waals surface area contributed by atoms with Crippen molar-refractivity contribution in [2.75, 3.05) is 11.4 Å². The van der Waals surface area contributed by atoms with Crippen molar-refractivity contribution >= 4 is 32.5 Å². The standard InChI is InChI=1S/C17H17BrN4/c1-21-11-12(10-20-21)16-3-2-8-22(16)17-6-7-19-15-5-4-13(18)9-14(15)17/h4-7,9-11,16H,2-3,8H2,1H3. The summed E-state index contributed by atoms with van der Waals surface area (Å²) in [5, 5.41) is 5.54. The SMILES string of the molecule is Cn1cc(C2CCCN2c2ccnc3ccc(Br)cc23)cn1. The molecule has 3 aromatic rings. The summed E-state index contributed by atoms with van der Waals surface area (Å²) in [4.78, 5) is 6.99. The van der Waals surface area contributed by atoms with Crippen molar-refractivity contribution < 1.29 is 0 Å². The molecule has 1 saturated heterocycles. The summed E-state index contributed by atoms with van der Waals surface area (Å²) in [6, 6.07) is 8.80. The van der Waals surface area contributed by atoms with Crippen LogP contribution in [-0.2, 0) is 7.05 Å². The first-order valence-electron chi connectivity index (χ1n) is 7.52. The van der Waals surface area contributed by atoms with E-state index in [-0.39, 0.29) is 0 Å². The molecule has 4 nitrogen and oxygen atoms in total. The zero-order chi connectivity index (χ0) is 15.1. The van der Waals surface area contributed by atoms with Gasteiger partial charge in [0.1, 0.15) is 0 Å². The van der Waals surface area contributed by atoms with Gasteiger partial charge in [-0.3, -0.25) is 9.67 Å². The highest BCUT2D eigenvalue weighted by molar-refractivity contribution is 9.10. The van der Waals surface area contributed by atoms with E-state index in [9.17, 15) is 0 Å². The molecule has 1 aliphatic heterocycles. The normalized spacial score (nSPS) is 18.3. The van der Waals surface area contributed by atoms with Crippen molar-refractivity contribution in [3.05, 3.63) is 52.9 Å². The van der Waals surface area contributed by atoms with Gasteiger partial charge in [-0.1, -0.05) is 15.9 Å². The molecule has 1 unspecified atom stereocenters. The number of anilines is 1. The number of rotatable bonds is 2. The third-order valence-electron chi connectivity index (χ3n) is 4.35. The Balaban J connectivity index is 1.82. The molecule has 0 aliphatic carbocycles. The molecule has 1 aliphatic rings. The van der Waals surface area contributed by atoms with Crippen molar-refractivity contribution in [2.45, 2.75) is 18.9 Å². The highest BCUT2D eigenvalue weighted by atomic mass is 79.9. The second-order valence-electron chi connectivity index (χ2n) is 5.79. The lowest BCUT2D eigenvalue weighted by Crippen LogP contribution is -2.22. The fraction of sp³-hybridized carbons (Fsp3) is 0.294. The lowest BCUT2D eigenvalue weighted by atomic mass is 10.1. The number of hydrogen-bond donors (Lipinski definition) is 0. The number of hydrogen-bond acceptors (Lipinski definition) is 3. The van der Waals surface area contributed by atoms with Gasteiger partial charge >= 0.3 is 0 Å². The van der Waals surface area contributed by atoms with Crippen molar-refractivity contribution in [3.8, 4) is 0 Å². The van der Waals surface area contributed by atoms with E-state index in [1.807, 2.05) is 30.2 Å². The molecule has 5 heteroatoms. The third-order valence-corrected chi connectivity index (χ3v) is 4.85. The molecule has 0 radical (unpaired) electrons. The minimum absolute atomic E-state index is 0.401. The minimum Gasteiger partial charge on any atom is -0.364 e. The molecule has 0 N–H and O–H groups in total. The maximum absolute atomic E-state index is 4.49. The first kappa shape index (κ1) is 13.8. The highest BCUT2D eigenvalue weighted by Crippen LogP contribution is 2.39. The number of aromatic nitrogens is 3. The molecule has 3 heterocycles. The van der Waals surface area contributed by atoms with Gasteiger partial charge in [-0.2, -0.15) is 5.10 Å². The van der Waals surface area contributed by atoms with Crippen LogP contribution in [0.1, 0.15) is 24.4 Å². The minimum atomic E-state index is 0.401. The summed E-state index contributed by atoms with van der Waals surface area (Å²) in [6.45, 7) is 1.07. The van der Waals surface area contributed by atoms with Crippen LogP contribution in [0.2, 0.25) is 0 Å². The lowest BCUT2D eigenvalue weighted by molar-refractivity contribution is 0.716.